The van der Waals surface area contributed by atoms with Gasteiger partial charge in [-0.2, -0.15) is 0 Å². The second kappa shape index (κ2) is 4.08. The fraction of sp³-hybridized carbons (Fsp3) is 0.143. The van der Waals surface area contributed by atoms with Crippen LogP contribution in [0.3, 0.4) is 0 Å². The van der Waals surface area contributed by atoms with Crippen molar-refractivity contribution in [3.05, 3.63) is 58.6 Å². The zero-order valence-corrected chi connectivity index (χ0v) is 9.68. The summed E-state index contributed by atoms with van der Waals surface area (Å²) in [5.41, 5.74) is 4.97. The highest BCUT2D eigenvalue weighted by molar-refractivity contribution is 6.30. The third-order valence-corrected chi connectivity index (χ3v) is 2.61. The molecule has 0 spiro atoms. The van der Waals surface area contributed by atoms with Crippen LogP contribution in [-0.4, -0.2) is 0 Å². The lowest BCUT2D eigenvalue weighted by atomic mass is 10.0. The van der Waals surface area contributed by atoms with E-state index in [1.165, 1.54) is 22.3 Å². The Balaban J connectivity index is 2.54. The number of halogens is 1. The maximum atomic E-state index is 5.97. The summed E-state index contributed by atoms with van der Waals surface area (Å²) in [6, 6.07) is 14.5. The molecule has 0 unspecified atom stereocenters. The van der Waals surface area contributed by atoms with Crippen LogP contribution in [0.2, 0.25) is 5.02 Å². The molecular weight excluding hydrogens is 204 g/mol. The van der Waals surface area contributed by atoms with E-state index in [1.807, 2.05) is 18.2 Å². The van der Waals surface area contributed by atoms with Crippen LogP contribution in [0.15, 0.2) is 42.5 Å². The SMILES string of the molecule is Cc1cc(C)cc(-c2cccc(Cl)c2)c1. The average Bonchev–Trinajstić information content (AvgIpc) is 2.16. The summed E-state index contributed by atoms with van der Waals surface area (Å²) in [7, 11) is 0. The van der Waals surface area contributed by atoms with E-state index in [0.29, 0.717) is 0 Å². The van der Waals surface area contributed by atoms with Gasteiger partial charge in [-0.15, -0.1) is 0 Å². The number of hydrogen-bond donors (Lipinski definition) is 0. The minimum atomic E-state index is 0.784. The highest BCUT2D eigenvalue weighted by Gasteiger charge is 1.99. The monoisotopic (exact) mass is 216 g/mol. The van der Waals surface area contributed by atoms with Gasteiger partial charge in [-0.25, -0.2) is 0 Å². The van der Waals surface area contributed by atoms with E-state index in [4.69, 9.17) is 11.6 Å². The Morgan fingerprint density at radius 2 is 1.47 bits per heavy atom. The molecule has 76 valence electrons. The maximum Gasteiger partial charge on any atom is 0.0412 e. The molecule has 15 heavy (non-hydrogen) atoms. The summed E-state index contributed by atoms with van der Waals surface area (Å²) in [4.78, 5) is 0. The van der Waals surface area contributed by atoms with E-state index >= 15 is 0 Å². The van der Waals surface area contributed by atoms with E-state index < -0.39 is 0 Å². The van der Waals surface area contributed by atoms with E-state index in [0.717, 1.165) is 5.02 Å². The Morgan fingerprint density at radius 3 is 2.07 bits per heavy atom. The topological polar surface area (TPSA) is 0 Å². The molecule has 0 bridgehead atoms. The Morgan fingerprint density at radius 1 is 0.800 bits per heavy atom. The van der Waals surface area contributed by atoms with E-state index in [-0.39, 0.29) is 0 Å². The smallest absolute Gasteiger partial charge is 0.0412 e. The molecule has 0 N–H and O–H groups in total. The highest BCUT2D eigenvalue weighted by atomic mass is 35.5. The zero-order chi connectivity index (χ0) is 10.8. The Labute approximate surface area is 95.5 Å². The molecule has 0 saturated carbocycles. The van der Waals surface area contributed by atoms with Crippen molar-refractivity contribution in [3.8, 4) is 11.1 Å². The van der Waals surface area contributed by atoms with Crippen LogP contribution in [0.4, 0.5) is 0 Å². The number of aryl methyl sites for hydroxylation is 2. The van der Waals surface area contributed by atoms with Crippen LogP contribution in [0.5, 0.6) is 0 Å². The average molecular weight is 217 g/mol. The first-order valence-corrected chi connectivity index (χ1v) is 5.37. The minimum absolute atomic E-state index is 0.784. The van der Waals surface area contributed by atoms with Crippen molar-refractivity contribution in [1.29, 1.82) is 0 Å². The quantitative estimate of drug-likeness (QED) is 0.652. The molecule has 0 saturated heterocycles. The van der Waals surface area contributed by atoms with Crippen LogP contribution in [0.25, 0.3) is 11.1 Å². The van der Waals surface area contributed by atoms with Gasteiger partial charge in [0.15, 0.2) is 0 Å². The van der Waals surface area contributed by atoms with E-state index in [9.17, 15) is 0 Å². The van der Waals surface area contributed by atoms with Crippen LogP contribution >= 0.6 is 11.6 Å². The predicted octanol–water partition coefficient (Wildman–Crippen LogP) is 4.62. The normalized spacial score (nSPS) is 10.3. The predicted molar refractivity (Wildman–Crippen MR) is 66.4 cm³/mol. The summed E-state index contributed by atoms with van der Waals surface area (Å²) in [5, 5.41) is 0.784. The second-order valence-electron chi connectivity index (χ2n) is 3.89. The van der Waals surface area contributed by atoms with Crippen LogP contribution < -0.4 is 0 Å². The summed E-state index contributed by atoms with van der Waals surface area (Å²) < 4.78 is 0. The lowest BCUT2D eigenvalue weighted by Crippen LogP contribution is -1.82. The lowest BCUT2D eigenvalue weighted by Gasteiger charge is -2.05. The Bertz CT molecular complexity index is 466. The molecule has 2 rings (SSSR count). The van der Waals surface area contributed by atoms with Crippen molar-refractivity contribution in [2.75, 3.05) is 0 Å². The molecule has 0 aliphatic rings. The van der Waals surface area contributed by atoms with Gasteiger partial charge in [0.1, 0.15) is 0 Å². The van der Waals surface area contributed by atoms with Gasteiger partial charge in [0.05, 0.1) is 0 Å². The van der Waals surface area contributed by atoms with Gasteiger partial charge in [-0.1, -0.05) is 53.1 Å². The molecule has 0 radical (unpaired) electrons. The maximum absolute atomic E-state index is 5.97. The largest absolute Gasteiger partial charge is 0.0843 e. The molecule has 0 aliphatic carbocycles. The van der Waals surface area contributed by atoms with Crippen molar-refractivity contribution in [2.45, 2.75) is 13.8 Å². The van der Waals surface area contributed by atoms with Gasteiger partial charge in [0.25, 0.3) is 0 Å². The summed E-state index contributed by atoms with van der Waals surface area (Å²) in [5.74, 6) is 0. The van der Waals surface area contributed by atoms with Crippen molar-refractivity contribution in [3.63, 3.8) is 0 Å². The van der Waals surface area contributed by atoms with Gasteiger partial charge in [-0.05, 0) is 37.1 Å². The summed E-state index contributed by atoms with van der Waals surface area (Å²) in [6.45, 7) is 4.22. The van der Waals surface area contributed by atoms with Gasteiger partial charge in [-0.3, -0.25) is 0 Å². The minimum Gasteiger partial charge on any atom is -0.0843 e. The van der Waals surface area contributed by atoms with Crippen LogP contribution in [-0.2, 0) is 0 Å². The molecule has 0 aromatic heterocycles. The molecular formula is C14H13Cl. The molecule has 0 amide bonds. The second-order valence-corrected chi connectivity index (χ2v) is 4.32. The van der Waals surface area contributed by atoms with Gasteiger partial charge in [0.2, 0.25) is 0 Å². The zero-order valence-electron chi connectivity index (χ0n) is 8.92. The highest BCUT2D eigenvalue weighted by Crippen LogP contribution is 2.24. The first-order valence-electron chi connectivity index (χ1n) is 4.99. The molecule has 2 aromatic rings. The first kappa shape index (κ1) is 10.3. The van der Waals surface area contributed by atoms with Crippen LogP contribution in [0.1, 0.15) is 11.1 Å². The van der Waals surface area contributed by atoms with Crippen molar-refractivity contribution < 1.29 is 0 Å². The van der Waals surface area contributed by atoms with Crippen molar-refractivity contribution in [2.24, 2.45) is 0 Å². The van der Waals surface area contributed by atoms with Gasteiger partial charge in [0, 0.05) is 5.02 Å². The van der Waals surface area contributed by atoms with E-state index in [2.05, 4.69) is 38.1 Å². The molecule has 1 heteroatoms. The molecule has 0 aliphatic heterocycles. The molecule has 2 aromatic carbocycles. The molecule has 0 atom stereocenters. The molecule has 0 fully saturated rings. The Kier molecular flexibility index (Phi) is 2.79. The first-order chi connectivity index (χ1) is 7.15. The van der Waals surface area contributed by atoms with Crippen molar-refractivity contribution >= 4 is 11.6 Å². The third-order valence-electron chi connectivity index (χ3n) is 2.38. The lowest BCUT2D eigenvalue weighted by molar-refractivity contribution is 1.38. The summed E-state index contributed by atoms with van der Waals surface area (Å²) >= 11 is 5.97. The molecule has 0 heterocycles. The summed E-state index contributed by atoms with van der Waals surface area (Å²) in [6.07, 6.45) is 0. The van der Waals surface area contributed by atoms with Crippen molar-refractivity contribution in [1.82, 2.24) is 0 Å². The fourth-order valence-corrected chi connectivity index (χ4v) is 2.00. The Hall–Kier alpha value is -1.27. The van der Waals surface area contributed by atoms with E-state index in [1.54, 1.807) is 0 Å². The fourth-order valence-electron chi connectivity index (χ4n) is 1.81. The number of rotatable bonds is 1. The van der Waals surface area contributed by atoms with Crippen LogP contribution in [0, 0.1) is 13.8 Å². The number of hydrogen-bond acceptors (Lipinski definition) is 0. The number of benzene rings is 2. The third kappa shape index (κ3) is 2.40. The van der Waals surface area contributed by atoms with Gasteiger partial charge >= 0.3 is 0 Å². The van der Waals surface area contributed by atoms with Gasteiger partial charge < -0.3 is 0 Å². The molecule has 0 nitrogen and oxygen atoms in total. The standard InChI is InChI=1S/C14H13Cl/c1-10-6-11(2)8-13(7-10)12-4-3-5-14(15)9-12/h3-9H,1-2H3.